The van der Waals surface area contributed by atoms with Crippen LogP contribution in [-0.2, 0) is 27.8 Å². The maximum Gasteiger partial charge on any atom is 0.303 e. The Morgan fingerprint density at radius 2 is 1.94 bits per heavy atom. The van der Waals surface area contributed by atoms with Crippen LogP contribution in [-0.4, -0.2) is 26.8 Å². The summed E-state index contributed by atoms with van der Waals surface area (Å²) in [5, 5.41) is 19.1. The van der Waals surface area contributed by atoms with E-state index in [1.165, 1.54) is 0 Å². The van der Waals surface area contributed by atoms with Crippen LogP contribution in [0.15, 0.2) is 54.6 Å². The van der Waals surface area contributed by atoms with E-state index in [-0.39, 0.29) is 24.0 Å². The number of hydrogen-bond donors (Lipinski definition) is 1. The van der Waals surface area contributed by atoms with Crippen LogP contribution in [0.1, 0.15) is 54.4 Å². The summed E-state index contributed by atoms with van der Waals surface area (Å²) in [6.07, 6.45) is 2.51. The van der Waals surface area contributed by atoms with Gasteiger partial charge in [0, 0.05) is 28.9 Å². The van der Waals surface area contributed by atoms with Gasteiger partial charge in [0.2, 0.25) is 0 Å². The number of benzene rings is 2. The number of Topliss-reactive ketones (excluding diaryl/α,β-unsaturated/α-hetero) is 1. The predicted molar refractivity (Wildman–Crippen MR) is 135 cm³/mol. The largest absolute Gasteiger partial charge is 0.481 e. The number of fused-ring (bicyclic) bond motifs is 3. The molecule has 4 atom stereocenters. The minimum Gasteiger partial charge on any atom is -0.481 e. The minimum absolute atomic E-state index is 0.0367. The van der Waals surface area contributed by atoms with Crippen molar-refractivity contribution in [1.29, 1.82) is 5.26 Å². The lowest BCUT2D eigenvalue weighted by Gasteiger charge is -2.51. The molecule has 0 saturated heterocycles. The fraction of sp³-hybridized carbons (Fsp3) is 0.367. The highest BCUT2D eigenvalue weighted by molar-refractivity contribution is 5.87. The van der Waals surface area contributed by atoms with E-state index in [1.54, 1.807) is 0 Å². The Kier molecular flexibility index (Phi) is 6.17. The number of nitrogens with zero attached hydrogens (tertiary/aromatic N) is 3. The summed E-state index contributed by atoms with van der Waals surface area (Å²) >= 11 is 0. The van der Waals surface area contributed by atoms with Gasteiger partial charge in [-0.15, -0.1) is 0 Å². The zero-order chi connectivity index (χ0) is 25.4. The summed E-state index contributed by atoms with van der Waals surface area (Å²) in [5.41, 5.74) is 5.30. The van der Waals surface area contributed by atoms with Crippen molar-refractivity contribution in [1.82, 2.24) is 9.97 Å². The van der Waals surface area contributed by atoms with Gasteiger partial charge < -0.3 is 5.11 Å². The highest BCUT2D eigenvalue weighted by atomic mass is 16.4. The van der Waals surface area contributed by atoms with Crippen LogP contribution in [0.25, 0.3) is 11.3 Å². The Labute approximate surface area is 211 Å². The highest BCUT2D eigenvalue weighted by Gasteiger charge is 2.56. The van der Waals surface area contributed by atoms with Crippen LogP contribution in [0.3, 0.4) is 0 Å². The molecule has 0 radical (unpaired) electrons. The Balaban J connectivity index is 1.72. The van der Waals surface area contributed by atoms with E-state index < -0.39 is 17.3 Å². The first-order valence-electron chi connectivity index (χ1n) is 12.5. The monoisotopic (exact) mass is 479 g/mol. The van der Waals surface area contributed by atoms with Crippen LogP contribution in [0, 0.1) is 36.0 Å². The first-order chi connectivity index (χ1) is 17.3. The third-order valence-corrected chi connectivity index (χ3v) is 8.07. The minimum atomic E-state index is -0.820. The summed E-state index contributed by atoms with van der Waals surface area (Å²) in [4.78, 5) is 34.1. The van der Waals surface area contributed by atoms with E-state index in [4.69, 9.17) is 15.1 Å². The van der Waals surface area contributed by atoms with Gasteiger partial charge >= 0.3 is 5.97 Å². The molecule has 2 aliphatic carbocycles. The molecule has 36 heavy (non-hydrogen) atoms. The number of ketones is 1. The lowest BCUT2D eigenvalue weighted by atomic mass is 9.50. The van der Waals surface area contributed by atoms with Crippen LogP contribution in [0.4, 0.5) is 0 Å². The third kappa shape index (κ3) is 3.89. The van der Waals surface area contributed by atoms with Crippen molar-refractivity contribution < 1.29 is 14.7 Å². The Bertz CT molecular complexity index is 1380. The predicted octanol–water partition coefficient (Wildman–Crippen LogP) is 5.07. The highest BCUT2D eigenvalue weighted by Crippen LogP contribution is 2.56. The maximum atomic E-state index is 13.1. The summed E-state index contributed by atoms with van der Waals surface area (Å²) < 4.78 is 0. The SMILES string of the molecule is Cc1nc(-c2cccc(CCC(=O)O)c2)c2c(n1)[C@]1(c3ccccc3)CC(C#N)C(=O)[C@@H](C)[C@@H]1CC2. The molecule has 1 aromatic heterocycles. The molecule has 1 heterocycles. The summed E-state index contributed by atoms with van der Waals surface area (Å²) in [6.45, 7) is 3.86. The molecule has 1 unspecified atom stereocenters. The number of nitriles is 1. The van der Waals surface area contributed by atoms with Gasteiger partial charge in [-0.2, -0.15) is 5.26 Å². The second-order valence-electron chi connectivity index (χ2n) is 10.1. The van der Waals surface area contributed by atoms with Gasteiger partial charge in [-0.05, 0) is 55.7 Å². The average molecular weight is 480 g/mol. The normalized spacial score (nSPS) is 24.9. The summed E-state index contributed by atoms with van der Waals surface area (Å²) in [6, 6.07) is 20.4. The zero-order valence-electron chi connectivity index (χ0n) is 20.6. The standard InChI is InChI=1S/C30H29N3O3/c1-18-25-13-12-24-27(21-8-6-7-20(15-21)11-14-26(34)35)32-19(2)33-29(24)30(25,16-22(17-31)28(18)36)23-9-4-3-5-10-23/h3-10,15,18,22,25H,11-14,16H2,1-2H3,(H,34,35)/t18-,22?,25-,30-/m0/s1. The van der Waals surface area contributed by atoms with Crippen molar-refractivity contribution in [2.45, 2.75) is 51.4 Å². The molecule has 0 spiro atoms. The molecule has 2 aromatic carbocycles. The van der Waals surface area contributed by atoms with Gasteiger partial charge in [-0.25, -0.2) is 9.97 Å². The molecule has 1 fully saturated rings. The molecular formula is C30H29N3O3. The number of hydrogen-bond acceptors (Lipinski definition) is 5. The second kappa shape index (κ2) is 9.31. The van der Waals surface area contributed by atoms with Crippen molar-refractivity contribution in [3.8, 4) is 17.3 Å². The molecule has 1 N–H and O–H groups in total. The number of aryl methyl sites for hydroxylation is 2. The second-order valence-corrected chi connectivity index (χ2v) is 10.1. The third-order valence-electron chi connectivity index (χ3n) is 8.07. The van der Waals surface area contributed by atoms with Crippen LogP contribution < -0.4 is 0 Å². The molecule has 0 aliphatic heterocycles. The van der Waals surface area contributed by atoms with Crippen LogP contribution in [0.2, 0.25) is 0 Å². The molecular weight excluding hydrogens is 450 g/mol. The van der Waals surface area contributed by atoms with Crippen molar-refractivity contribution in [2.24, 2.45) is 17.8 Å². The van der Waals surface area contributed by atoms with Gasteiger partial charge in [0.05, 0.1) is 17.5 Å². The zero-order valence-corrected chi connectivity index (χ0v) is 20.6. The topological polar surface area (TPSA) is 104 Å². The summed E-state index contributed by atoms with van der Waals surface area (Å²) in [5.74, 6) is -1.01. The van der Waals surface area contributed by atoms with E-state index in [1.807, 2.05) is 56.3 Å². The van der Waals surface area contributed by atoms with E-state index in [9.17, 15) is 14.9 Å². The van der Waals surface area contributed by atoms with Gasteiger partial charge in [-0.3, -0.25) is 9.59 Å². The number of carbonyl (C=O) groups excluding carboxylic acids is 1. The number of aliphatic carboxylic acids is 1. The fourth-order valence-electron chi connectivity index (χ4n) is 6.46. The molecule has 1 saturated carbocycles. The summed E-state index contributed by atoms with van der Waals surface area (Å²) in [7, 11) is 0. The average Bonchev–Trinajstić information content (AvgIpc) is 2.89. The first kappa shape index (κ1) is 23.9. The number of carboxylic acid groups (broad SMARTS) is 1. The van der Waals surface area contributed by atoms with Crippen LogP contribution in [0.5, 0.6) is 0 Å². The van der Waals surface area contributed by atoms with Gasteiger partial charge in [0.1, 0.15) is 11.7 Å². The molecule has 6 nitrogen and oxygen atoms in total. The Hall–Kier alpha value is -3.85. The lowest BCUT2D eigenvalue weighted by Crippen LogP contribution is -2.53. The van der Waals surface area contributed by atoms with Crippen molar-refractivity contribution in [2.75, 3.05) is 0 Å². The van der Waals surface area contributed by atoms with Crippen LogP contribution >= 0.6 is 0 Å². The Morgan fingerprint density at radius 3 is 2.67 bits per heavy atom. The fourth-order valence-corrected chi connectivity index (χ4v) is 6.46. The smallest absolute Gasteiger partial charge is 0.303 e. The molecule has 0 amide bonds. The first-order valence-corrected chi connectivity index (χ1v) is 12.5. The van der Waals surface area contributed by atoms with Gasteiger partial charge in [0.25, 0.3) is 0 Å². The quantitative estimate of drug-likeness (QED) is 0.548. The molecule has 0 bridgehead atoms. The van der Waals surface area contributed by atoms with E-state index in [2.05, 4.69) is 18.2 Å². The molecule has 6 heteroatoms. The lowest BCUT2D eigenvalue weighted by molar-refractivity contribution is -0.137. The van der Waals surface area contributed by atoms with Crippen molar-refractivity contribution in [3.63, 3.8) is 0 Å². The van der Waals surface area contributed by atoms with Crippen molar-refractivity contribution in [3.05, 3.63) is 82.8 Å². The molecule has 182 valence electrons. The van der Waals surface area contributed by atoms with E-state index in [0.29, 0.717) is 18.7 Å². The Morgan fingerprint density at radius 1 is 1.17 bits per heavy atom. The van der Waals surface area contributed by atoms with Gasteiger partial charge in [0.15, 0.2) is 5.78 Å². The van der Waals surface area contributed by atoms with Gasteiger partial charge in [-0.1, -0.05) is 55.5 Å². The van der Waals surface area contributed by atoms with E-state index in [0.717, 1.165) is 46.5 Å². The molecule has 5 rings (SSSR count). The van der Waals surface area contributed by atoms with Crippen molar-refractivity contribution >= 4 is 11.8 Å². The number of carbonyl (C=O) groups is 2. The number of carboxylic acids is 1. The molecule has 3 aromatic rings. The maximum absolute atomic E-state index is 13.1. The van der Waals surface area contributed by atoms with E-state index >= 15 is 0 Å². The number of rotatable bonds is 5. The molecule has 2 aliphatic rings. The number of aromatic nitrogens is 2.